The van der Waals surface area contributed by atoms with Gasteiger partial charge in [0, 0.05) is 24.0 Å². The van der Waals surface area contributed by atoms with Crippen LogP contribution in [0.2, 0.25) is 5.02 Å². The van der Waals surface area contributed by atoms with Crippen molar-refractivity contribution in [2.45, 2.75) is 6.54 Å². The van der Waals surface area contributed by atoms with Gasteiger partial charge in [-0.2, -0.15) is 5.26 Å². The van der Waals surface area contributed by atoms with Crippen LogP contribution in [0.25, 0.3) is 0 Å². The highest BCUT2D eigenvalue weighted by atomic mass is 35.5. The molecule has 0 aliphatic carbocycles. The topological polar surface area (TPSA) is 50.8 Å². The molecule has 3 rings (SSSR count). The lowest BCUT2D eigenvalue weighted by molar-refractivity contribution is 0.480. The zero-order valence-electron chi connectivity index (χ0n) is 12.0. The summed E-state index contributed by atoms with van der Waals surface area (Å²) in [6.07, 6.45) is 5.37. The van der Waals surface area contributed by atoms with Gasteiger partial charge in [0.1, 0.15) is 17.6 Å². The van der Waals surface area contributed by atoms with Gasteiger partial charge in [-0.15, -0.1) is 12.4 Å². The summed E-state index contributed by atoms with van der Waals surface area (Å²) in [4.78, 5) is 4.02. The lowest BCUT2D eigenvalue weighted by Crippen LogP contribution is -1.98. The average molecular weight is 346 g/mol. The Hall–Kier alpha value is -2.48. The monoisotopic (exact) mass is 345 g/mol. The molecule has 0 radical (unpaired) electrons. The van der Waals surface area contributed by atoms with Crippen molar-refractivity contribution >= 4 is 24.0 Å². The first-order chi connectivity index (χ1) is 10.7. The fourth-order valence-corrected chi connectivity index (χ4v) is 2.19. The Balaban J connectivity index is 0.00000192. The lowest BCUT2D eigenvalue weighted by Gasteiger charge is -2.10. The fraction of sp³-hybridized carbons (Fsp3) is 0.0588. The molecule has 0 aliphatic rings. The van der Waals surface area contributed by atoms with Crippen molar-refractivity contribution in [3.63, 3.8) is 0 Å². The summed E-state index contributed by atoms with van der Waals surface area (Å²) in [5.41, 5.74) is 1.52. The van der Waals surface area contributed by atoms with Gasteiger partial charge < -0.3 is 9.30 Å². The number of ether oxygens (including phenoxy) is 1. The summed E-state index contributed by atoms with van der Waals surface area (Å²) in [5.74, 6) is 1.17. The molecule has 23 heavy (non-hydrogen) atoms. The molecule has 0 atom stereocenters. The predicted molar refractivity (Wildman–Crippen MR) is 91.3 cm³/mol. The molecule has 3 aromatic rings. The second-order valence-electron chi connectivity index (χ2n) is 4.73. The second kappa shape index (κ2) is 7.68. The molecule has 0 N–H and O–H groups in total. The smallest absolute Gasteiger partial charge is 0.145 e. The third-order valence-electron chi connectivity index (χ3n) is 3.13. The van der Waals surface area contributed by atoms with Crippen molar-refractivity contribution in [3.05, 3.63) is 77.3 Å². The molecule has 0 amide bonds. The molecule has 0 bridgehead atoms. The number of rotatable bonds is 4. The Bertz CT molecular complexity index is 809. The summed E-state index contributed by atoms with van der Waals surface area (Å²) in [5, 5.41) is 9.86. The number of hydrogen-bond donors (Lipinski definition) is 0. The number of halogens is 2. The number of nitriles is 1. The van der Waals surface area contributed by atoms with Crippen molar-refractivity contribution in [3.8, 4) is 17.6 Å². The Labute approximate surface area is 145 Å². The Kier molecular flexibility index (Phi) is 5.64. The zero-order valence-corrected chi connectivity index (χ0v) is 13.6. The molecule has 0 spiro atoms. The van der Waals surface area contributed by atoms with Crippen LogP contribution in [0.3, 0.4) is 0 Å². The van der Waals surface area contributed by atoms with E-state index < -0.39 is 0 Å². The van der Waals surface area contributed by atoms with Crippen LogP contribution in [0.5, 0.6) is 11.5 Å². The van der Waals surface area contributed by atoms with E-state index in [1.807, 2.05) is 22.9 Å². The van der Waals surface area contributed by atoms with Crippen LogP contribution in [0.1, 0.15) is 11.1 Å². The second-order valence-corrected chi connectivity index (χ2v) is 5.17. The highest BCUT2D eigenvalue weighted by molar-refractivity contribution is 6.30. The fourth-order valence-electron chi connectivity index (χ4n) is 2.06. The molecule has 1 heterocycles. The molecule has 116 valence electrons. The zero-order chi connectivity index (χ0) is 15.4. The summed E-state index contributed by atoms with van der Waals surface area (Å²) in [6, 6.07) is 14.7. The molecule has 4 nitrogen and oxygen atoms in total. The summed E-state index contributed by atoms with van der Waals surface area (Å²) < 4.78 is 7.76. The van der Waals surface area contributed by atoms with E-state index in [0.717, 1.165) is 5.56 Å². The van der Waals surface area contributed by atoms with Crippen LogP contribution >= 0.6 is 24.0 Å². The lowest BCUT2D eigenvalue weighted by atomic mass is 10.1. The van der Waals surface area contributed by atoms with Gasteiger partial charge in [-0.3, -0.25) is 0 Å². The van der Waals surface area contributed by atoms with Gasteiger partial charge in [0.15, 0.2) is 0 Å². The minimum atomic E-state index is 0. The maximum atomic E-state index is 9.22. The standard InChI is InChI=1S/C17H12ClN3O.ClH/c18-15-3-5-16(6-4-15)22-17-9-13(1-2-14(17)10-19)11-21-8-7-20-12-21;/h1-9,12H,11H2;1H. The minimum absolute atomic E-state index is 0. The average Bonchev–Trinajstić information content (AvgIpc) is 3.03. The number of imidazole rings is 1. The maximum absolute atomic E-state index is 9.22. The van der Waals surface area contributed by atoms with Crippen LogP contribution in [0.4, 0.5) is 0 Å². The van der Waals surface area contributed by atoms with E-state index in [-0.39, 0.29) is 12.4 Å². The highest BCUT2D eigenvalue weighted by Gasteiger charge is 2.07. The van der Waals surface area contributed by atoms with Gasteiger partial charge in [0.2, 0.25) is 0 Å². The van der Waals surface area contributed by atoms with Crippen LogP contribution in [-0.2, 0) is 6.54 Å². The Morgan fingerprint density at radius 1 is 1.17 bits per heavy atom. The first-order valence-corrected chi connectivity index (χ1v) is 7.04. The van der Waals surface area contributed by atoms with Crippen LogP contribution < -0.4 is 4.74 Å². The Morgan fingerprint density at radius 3 is 2.61 bits per heavy atom. The number of benzene rings is 2. The largest absolute Gasteiger partial charge is 0.456 e. The van der Waals surface area contributed by atoms with Crippen molar-refractivity contribution in [2.24, 2.45) is 0 Å². The molecule has 0 saturated carbocycles. The SMILES string of the molecule is Cl.N#Cc1ccc(Cn2ccnc2)cc1Oc1ccc(Cl)cc1. The van der Waals surface area contributed by atoms with Gasteiger partial charge in [-0.25, -0.2) is 4.98 Å². The molecule has 1 aromatic heterocycles. The van der Waals surface area contributed by atoms with Crippen LogP contribution in [-0.4, -0.2) is 9.55 Å². The molecule has 0 saturated heterocycles. The molecule has 0 aliphatic heterocycles. The van der Waals surface area contributed by atoms with Gasteiger partial charge in [0.05, 0.1) is 11.9 Å². The van der Waals surface area contributed by atoms with E-state index in [1.165, 1.54) is 0 Å². The first kappa shape index (κ1) is 16.9. The summed E-state index contributed by atoms with van der Waals surface area (Å²) in [6.45, 7) is 0.669. The van der Waals surface area contributed by atoms with E-state index in [4.69, 9.17) is 16.3 Å². The van der Waals surface area contributed by atoms with Crippen molar-refractivity contribution in [1.29, 1.82) is 5.26 Å². The number of aromatic nitrogens is 2. The van der Waals surface area contributed by atoms with Crippen LogP contribution in [0.15, 0.2) is 61.2 Å². The molecule has 0 unspecified atom stereocenters. The summed E-state index contributed by atoms with van der Waals surface area (Å²) >= 11 is 5.86. The minimum Gasteiger partial charge on any atom is -0.456 e. The van der Waals surface area contributed by atoms with Crippen molar-refractivity contribution < 1.29 is 4.74 Å². The van der Waals surface area contributed by atoms with Gasteiger partial charge in [-0.05, 0) is 42.0 Å². The van der Waals surface area contributed by atoms with Crippen LogP contribution in [0, 0.1) is 11.3 Å². The maximum Gasteiger partial charge on any atom is 0.145 e. The van der Waals surface area contributed by atoms with Gasteiger partial charge in [-0.1, -0.05) is 17.7 Å². The first-order valence-electron chi connectivity index (χ1n) is 6.67. The molecular weight excluding hydrogens is 333 g/mol. The molecule has 0 fully saturated rings. The van der Waals surface area contributed by atoms with E-state index in [2.05, 4.69) is 11.1 Å². The molecule has 6 heteroatoms. The number of hydrogen-bond acceptors (Lipinski definition) is 3. The Morgan fingerprint density at radius 2 is 1.96 bits per heavy atom. The van der Waals surface area contributed by atoms with Crippen molar-refractivity contribution in [2.75, 3.05) is 0 Å². The van der Waals surface area contributed by atoms with Gasteiger partial charge in [0.25, 0.3) is 0 Å². The predicted octanol–water partition coefficient (Wildman–Crippen LogP) is 4.67. The van der Waals surface area contributed by atoms with E-state index >= 15 is 0 Å². The number of nitrogens with zero attached hydrogens (tertiary/aromatic N) is 3. The van der Waals surface area contributed by atoms with E-state index in [9.17, 15) is 5.26 Å². The molecular formula is C17H13Cl2N3O. The molecule has 2 aromatic carbocycles. The normalized spacial score (nSPS) is 9.74. The van der Waals surface area contributed by atoms with Gasteiger partial charge >= 0.3 is 0 Å². The van der Waals surface area contributed by atoms with E-state index in [0.29, 0.717) is 28.6 Å². The highest BCUT2D eigenvalue weighted by Crippen LogP contribution is 2.27. The van der Waals surface area contributed by atoms with E-state index in [1.54, 1.807) is 42.9 Å². The third kappa shape index (κ3) is 4.26. The summed E-state index contributed by atoms with van der Waals surface area (Å²) in [7, 11) is 0. The quantitative estimate of drug-likeness (QED) is 0.690. The third-order valence-corrected chi connectivity index (χ3v) is 3.38. The van der Waals surface area contributed by atoms with Crippen molar-refractivity contribution in [1.82, 2.24) is 9.55 Å².